The largest absolute Gasteiger partial charge is 0.324 e. The van der Waals surface area contributed by atoms with E-state index in [0.29, 0.717) is 25.7 Å². The Labute approximate surface area is 128 Å². The average Bonchev–Trinajstić information content (AvgIpc) is 2.41. The Morgan fingerprint density at radius 2 is 1.95 bits per heavy atom. The molecule has 0 heterocycles. The molecule has 21 heavy (non-hydrogen) atoms. The molecule has 0 aromatic heterocycles. The molecule has 0 aliphatic heterocycles. The molecule has 1 aromatic rings. The number of hydrogen-bond donors (Lipinski definition) is 1. The molecular weight excluding hydrogens is 320 g/mol. The van der Waals surface area contributed by atoms with E-state index >= 15 is 0 Å². The fourth-order valence-corrected chi connectivity index (χ4v) is 4.29. The van der Waals surface area contributed by atoms with E-state index in [1.54, 1.807) is 0 Å². The van der Waals surface area contributed by atoms with Crippen molar-refractivity contribution in [1.82, 2.24) is 0 Å². The normalized spacial score (nSPS) is 24.8. The first kappa shape index (κ1) is 16.6. The lowest BCUT2D eigenvalue weighted by atomic mass is 9.81. The van der Waals surface area contributed by atoms with Crippen molar-refractivity contribution < 1.29 is 17.2 Å². The molecule has 0 amide bonds. The summed E-state index contributed by atoms with van der Waals surface area (Å²) < 4.78 is 50.7. The van der Waals surface area contributed by atoms with Crippen LogP contribution in [0.5, 0.6) is 0 Å². The number of benzene rings is 1. The van der Waals surface area contributed by atoms with Crippen LogP contribution in [0.25, 0.3) is 0 Å². The molecule has 1 aromatic carbocycles. The molecule has 0 saturated heterocycles. The molecule has 3 atom stereocenters. The maximum atomic E-state index is 13.9. The smallest absolute Gasteiger partial charge is 0.150 e. The number of halogens is 3. The van der Waals surface area contributed by atoms with Gasteiger partial charge in [-0.3, -0.25) is 0 Å². The maximum Gasteiger partial charge on any atom is 0.150 e. The number of rotatable bonds is 3. The quantitative estimate of drug-likeness (QED) is 0.861. The van der Waals surface area contributed by atoms with Crippen LogP contribution in [-0.4, -0.2) is 19.9 Å². The van der Waals surface area contributed by atoms with Gasteiger partial charge in [0, 0.05) is 17.9 Å². The van der Waals surface area contributed by atoms with Gasteiger partial charge in [0.15, 0.2) is 0 Å². The molecule has 1 aliphatic carbocycles. The molecule has 3 unspecified atom stereocenters. The second-order valence-electron chi connectivity index (χ2n) is 5.69. The minimum atomic E-state index is -3.14. The van der Waals surface area contributed by atoms with Crippen molar-refractivity contribution in [3.05, 3.63) is 34.4 Å². The number of sulfone groups is 1. The lowest BCUT2D eigenvalue weighted by Gasteiger charge is -2.32. The third kappa shape index (κ3) is 3.73. The van der Waals surface area contributed by atoms with Crippen LogP contribution in [0.3, 0.4) is 0 Å². The standard InChI is InChI=1S/C14H18ClF2NO2S/c1-21(19,20)9-4-2-3-8(5-9)14(18)10-6-13(17)11(15)7-12(10)16/h6-9,14H,2-5,18H2,1H3. The first-order valence-corrected chi connectivity index (χ1v) is 9.12. The van der Waals surface area contributed by atoms with Crippen LogP contribution in [-0.2, 0) is 9.84 Å². The molecule has 1 saturated carbocycles. The van der Waals surface area contributed by atoms with Gasteiger partial charge in [0.2, 0.25) is 0 Å². The SMILES string of the molecule is CS(=O)(=O)C1CCCC(C(N)c2cc(F)c(Cl)cc2F)C1. The summed E-state index contributed by atoms with van der Waals surface area (Å²) in [4.78, 5) is 0. The monoisotopic (exact) mass is 337 g/mol. The van der Waals surface area contributed by atoms with E-state index in [9.17, 15) is 17.2 Å². The Balaban J connectivity index is 2.24. The van der Waals surface area contributed by atoms with Crippen LogP contribution in [0.4, 0.5) is 8.78 Å². The molecule has 3 nitrogen and oxygen atoms in total. The highest BCUT2D eigenvalue weighted by Crippen LogP contribution is 2.37. The highest BCUT2D eigenvalue weighted by atomic mass is 35.5. The van der Waals surface area contributed by atoms with Gasteiger partial charge in [-0.2, -0.15) is 0 Å². The van der Waals surface area contributed by atoms with Crippen molar-refractivity contribution in [3.8, 4) is 0 Å². The molecule has 0 spiro atoms. The van der Waals surface area contributed by atoms with Crippen LogP contribution in [0, 0.1) is 17.6 Å². The summed E-state index contributed by atoms with van der Waals surface area (Å²) in [7, 11) is -3.14. The molecular formula is C14H18ClF2NO2S. The maximum absolute atomic E-state index is 13.9. The van der Waals surface area contributed by atoms with Crippen LogP contribution >= 0.6 is 11.6 Å². The Morgan fingerprint density at radius 3 is 2.57 bits per heavy atom. The topological polar surface area (TPSA) is 60.2 Å². The number of hydrogen-bond acceptors (Lipinski definition) is 3. The minimum Gasteiger partial charge on any atom is -0.324 e. The molecule has 7 heteroatoms. The van der Waals surface area contributed by atoms with Gasteiger partial charge in [0.1, 0.15) is 21.5 Å². The van der Waals surface area contributed by atoms with Crippen molar-refractivity contribution in [2.75, 3.05) is 6.26 Å². The fraction of sp³-hybridized carbons (Fsp3) is 0.571. The van der Waals surface area contributed by atoms with E-state index in [0.717, 1.165) is 12.1 Å². The molecule has 1 aliphatic rings. The fourth-order valence-electron chi connectivity index (χ4n) is 2.94. The molecule has 2 N–H and O–H groups in total. The van der Waals surface area contributed by atoms with Crippen molar-refractivity contribution >= 4 is 21.4 Å². The molecule has 2 rings (SSSR count). The third-order valence-electron chi connectivity index (χ3n) is 4.18. The second kappa shape index (κ2) is 6.18. The van der Waals surface area contributed by atoms with Crippen molar-refractivity contribution in [2.24, 2.45) is 11.7 Å². The highest BCUT2D eigenvalue weighted by Gasteiger charge is 2.33. The van der Waals surface area contributed by atoms with Crippen LogP contribution in [0.15, 0.2) is 12.1 Å². The van der Waals surface area contributed by atoms with Gasteiger partial charge in [-0.1, -0.05) is 18.0 Å². The Kier molecular flexibility index (Phi) is 4.90. The van der Waals surface area contributed by atoms with Crippen molar-refractivity contribution in [2.45, 2.75) is 37.0 Å². The molecule has 0 radical (unpaired) electrons. The first-order valence-electron chi connectivity index (χ1n) is 6.79. The van der Waals surface area contributed by atoms with Gasteiger partial charge >= 0.3 is 0 Å². The van der Waals surface area contributed by atoms with Gasteiger partial charge in [-0.25, -0.2) is 17.2 Å². The summed E-state index contributed by atoms with van der Waals surface area (Å²) in [6, 6.07) is 1.18. The first-order chi connectivity index (χ1) is 9.70. The number of nitrogens with two attached hydrogens (primary N) is 1. The lowest BCUT2D eigenvalue weighted by Crippen LogP contribution is -2.33. The average molecular weight is 338 g/mol. The van der Waals surface area contributed by atoms with Gasteiger partial charge in [-0.05, 0) is 37.3 Å². The van der Waals surface area contributed by atoms with Gasteiger partial charge in [0.25, 0.3) is 0 Å². The summed E-state index contributed by atoms with van der Waals surface area (Å²) in [5.74, 6) is -1.57. The van der Waals surface area contributed by atoms with E-state index in [-0.39, 0.29) is 16.5 Å². The summed E-state index contributed by atoms with van der Waals surface area (Å²) in [6.45, 7) is 0. The summed E-state index contributed by atoms with van der Waals surface area (Å²) >= 11 is 5.52. The Bertz CT molecular complexity index is 636. The van der Waals surface area contributed by atoms with Gasteiger partial charge < -0.3 is 5.73 Å². The van der Waals surface area contributed by atoms with Crippen LogP contribution in [0.2, 0.25) is 5.02 Å². The minimum absolute atomic E-state index is 0.0519. The zero-order chi connectivity index (χ0) is 15.8. The zero-order valence-corrected chi connectivity index (χ0v) is 13.2. The lowest BCUT2D eigenvalue weighted by molar-refractivity contribution is 0.303. The van der Waals surface area contributed by atoms with E-state index in [1.165, 1.54) is 6.26 Å². The Morgan fingerprint density at radius 1 is 1.29 bits per heavy atom. The van der Waals surface area contributed by atoms with Gasteiger partial charge in [0.05, 0.1) is 10.3 Å². The predicted octanol–water partition coefficient (Wildman–Crippen LogP) is 3.22. The summed E-state index contributed by atoms with van der Waals surface area (Å²) in [6.07, 6.45) is 3.60. The van der Waals surface area contributed by atoms with Crippen molar-refractivity contribution in [3.63, 3.8) is 0 Å². The van der Waals surface area contributed by atoms with E-state index in [4.69, 9.17) is 17.3 Å². The Hall–Kier alpha value is -0.720. The molecule has 118 valence electrons. The second-order valence-corrected chi connectivity index (χ2v) is 8.42. The molecule has 0 bridgehead atoms. The third-order valence-corrected chi connectivity index (χ3v) is 6.11. The van der Waals surface area contributed by atoms with Crippen molar-refractivity contribution in [1.29, 1.82) is 0 Å². The highest BCUT2D eigenvalue weighted by molar-refractivity contribution is 7.91. The van der Waals surface area contributed by atoms with E-state index in [2.05, 4.69) is 0 Å². The summed E-state index contributed by atoms with van der Waals surface area (Å²) in [5, 5.41) is -0.747. The predicted molar refractivity (Wildman–Crippen MR) is 78.9 cm³/mol. The van der Waals surface area contributed by atoms with E-state index < -0.39 is 32.8 Å². The summed E-state index contributed by atoms with van der Waals surface area (Å²) in [5.41, 5.74) is 6.10. The van der Waals surface area contributed by atoms with E-state index in [1.807, 2.05) is 0 Å². The van der Waals surface area contributed by atoms with Crippen LogP contribution in [0.1, 0.15) is 37.3 Å². The molecule has 1 fully saturated rings. The van der Waals surface area contributed by atoms with Gasteiger partial charge in [-0.15, -0.1) is 0 Å². The zero-order valence-electron chi connectivity index (χ0n) is 11.7. The van der Waals surface area contributed by atoms with Crippen LogP contribution < -0.4 is 5.73 Å².